The van der Waals surface area contributed by atoms with E-state index in [9.17, 15) is 0 Å². The average molecular weight is 997 g/mol. The Hall–Kier alpha value is -7.92. The molecule has 4 heteroatoms. The van der Waals surface area contributed by atoms with Crippen LogP contribution in [0.1, 0.15) is 79.0 Å². The topological polar surface area (TPSA) is 6.48 Å². The lowest BCUT2D eigenvalue weighted by Crippen LogP contribution is -2.60. The number of thiophene rings is 1. The van der Waals surface area contributed by atoms with E-state index in [2.05, 4.69) is 278 Å². The van der Waals surface area contributed by atoms with Crippen LogP contribution < -0.4 is 25.5 Å². The lowest BCUT2D eigenvalue weighted by molar-refractivity contribution is 0.590. The molecule has 2 aliphatic heterocycles. The van der Waals surface area contributed by atoms with Crippen molar-refractivity contribution in [3.05, 3.63) is 223 Å². The largest absolute Gasteiger partial charge is 0.311 e. The molecule has 76 heavy (non-hydrogen) atoms. The highest BCUT2D eigenvalue weighted by molar-refractivity contribution is 7.33. The van der Waals surface area contributed by atoms with Crippen molar-refractivity contribution < 1.29 is 0 Å². The van der Waals surface area contributed by atoms with E-state index in [0.717, 1.165) is 0 Å². The Kier molecular flexibility index (Phi) is 10.3. The summed E-state index contributed by atoms with van der Waals surface area (Å²) in [4.78, 5) is 5.30. The fraction of sp³-hybridized carbons (Fsp3) is 0.167. The van der Waals surface area contributed by atoms with E-state index in [1.54, 1.807) is 0 Å². The van der Waals surface area contributed by atoms with Gasteiger partial charge in [0, 0.05) is 43.1 Å². The van der Waals surface area contributed by atoms with Crippen molar-refractivity contribution in [3.63, 3.8) is 0 Å². The van der Waals surface area contributed by atoms with Crippen LogP contribution in [0.2, 0.25) is 0 Å². The summed E-state index contributed by atoms with van der Waals surface area (Å²) in [6.45, 7) is 21.1. The van der Waals surface area contributed by atoms with Gasteiger partial charge in [0.05, 0.1) is 17.1 Å². The molecule has 0 atom stereocenters. The molecular weight excluding hydrogens is 936 g/mol. The second kappa shape index (κ2) is 16.8. The predicted molar refractivity (Wildman–Crippen MR) is 332 cm³/mol. The van der Waals surface area contributed by atoms with Gasteiger partial charge < -0.3 is 9.80 Å². The second-order valence-corrected chi connectivity index (χ2v) is 25.6. The minimum absolute atomic E-state index is 0.0237. The van der Waals surface area contributed by atoms with Gasteiger partial charge in [-0.05, 0) is 153 Å². The number of anilines is 6. The number of hydrogen-bond donors (Lipinski definition) is 0. The van der Waals surface area contributed by atoms with E-state index in [0.29, 0.717) is 0 Å². The Labute approximate surface area is 452 Å². The summed E-state index contributed by atoms with van der Waals surface area (Å²) in [6, 6.07) is 79.1. The summed E-state index contributed by atoms with van der Waals surface area (Å²) < 4.78 is 2.67. The first-order valence-electron chi connectivity index (χ1n) is 27.1. The molecule has 0 radical (unpaired) electrons. The zero-order valence-electron chi connectivity index (χ0n) is 45.0. The summed E-state index contributed by atoms with van der Waals surface area (Å²) in [7, 11) is 0. The molecular formula is C72H61BN2S. The highest BCUT2D eigenvalue weighted by Crippen LogP contribution is 2.53. The molecule has 11 aromatic carbocycles. The van der Waals surface area contributed by atoms with E-state index in [-0.39, 0.29) is 23.0 Å². The van der Waals surface area contributed by atoms with Crippen molar-refractivity contribution in [2.24, 2.45) is 0 Å². The van der Waals surface area contributed by atoms with Crippen LogP contribution in [0, 0.1) is 0 Å². The molecule has 2 nitrogen and oxygen atoms in total. The third-order valence-electron chi connectivity index (χ3n) is 16.7. The maximum atomic E-state index is 2.69. The van der Waals surface area contributed by atoms with Gasteiger partial charge in [0.2, 0.25) is 0 Å². The normalized spacial score (nSPS) is 13.5. The molecule has 2 aliphatic rings. The fourth-order valence-corrected chi connectivity index (χ4v) is 13.9. The standard InChI is InChI=1S/C72H61BN2S/c1-70(2,3)50-31-36-59(55(41-50)45-20-14-11-15-21-45)74-61-38-33-52(72(7,8)9)43-58(61)73-67-62(74)24-17-25-63(67)75(68-57-40-49(44-18-12-10-13-19-44)30-39-64(57)76-69(68)73)60-37-32-51(71(4,5)6)42-56(60)53-34-28-48-27-26-46-22-16-23-47-29-35-54(53)66(48)65(46)47/h10-43H,1-9H3. The molecule has 1 aromatic heterocycles. The first-order chi connectivity index (χ1) is 36.6. The lowest BCUT2D eigenvalue weighted by Gasteiger charge is -2.44. The number of benzene rings is 11. The van der Waals surface area contributed by atoms with Crippen LogP contribution in [0.3, 0.4) is 0 Å². The van der Waals surface area contributed by atoms with Crippen LogP contribution in [0.25, 0.3) is 75.8 Å². The SMILES string of the molecule is CC(C)(C)c1ccc2c(c1)B1c3sc4ccc(-c5ccccc5)cc4c3N(c3ccc(C(C)(C)C)cc3-c3ccc4ccc5cccc6ccc3c4c56)c3cccc(c31)N2c1ccc(C(C)(C)C)cc1-c1ccccc1. The summed E-state index contributed by atoms with van der Waals surface area (Å²) in [5.41, 5.74) is 21.1. The first kappa shape index (κ1) is 46.6. The van der Waals surface area contributed by atoms with Crippen molar-refractivity contribution >= 4 is 110 Å². The number of fused-ring (bicyclic) bond motifs is 6. The van der Waals surface area contributed by atoms with Gasteiger partial charge in [-0.1, -0.05) is 214 Å². The Morgan fingerprint density at radius 3 is 1.55 bits per heavy atom. The van der Waals surface area contributed by atoms with Gasteiger partial charge in [-0.15, -0.1) is 11.3 Å². The van der Waals surface area contributed by atoms with Gasteiger partial charge in [-0.2, -0.15) is 0 Å². The van der Waals surface area contributed by atoms with E-state index in [1.165, 1.54) is 142 Å². The molecule has 12 aromatic rings. The minimum atomic E-state index is -0.0885. The van der Waals surface area contributed by atoms with Crippen LogP contribution in [0.15, 0.2) is 206 Å². The predicted octanol–water partition coefficient (Wildman–Crippen LogP) is 18.8. The molecule has 14 rings (SSSR count). The fourth-order valence-electron chi connectivity index (χ4n) is 12.6. The van der Waals surface area contributed by atoms with E-state index in [4.69, 9.17) is 0 Å². The third kappa shape index (κ3) is 7.21. The molecule has 0 bridgehead atoms. The molecule has 0 saturated heterocycles. The maximum Gasteiger partial charge on any atom is 0.264 e. The summed E-state index contributed by atoms with van der Waals surface area (Å²) in [6.07, 6.45) is 0. The zero-order valence-corrected chi connectivity index (χ0v) is 45.8. The van der Waals surface area contributed by atoms with E-state index < -0.39 is 0 Å². The molecule has 0 unspecified atom stereocenters. The first-order valence-corrected chi connectivity index (χ1v) is 27.9. The van der Waals surface area contributed by atoms with Crippen LogP contribution in [0.5, 0.6) is 0 Å². The molecule has 0 saturated carbocycles. The van der Waals surface area contributed by atoms with Crippen molar-refractivity contribution in [3.8, 4) is 33.4 Å². The Bertz CT molecular complexity index is 4280. The Morgan fingerprint density at radius 1 is 0.355 bits per heavy atom. The quantitative estimate of drug-likeness (QED) is 0.125. The summed E-state index contributed by atoms with van der Waals surface area (Å²) in [5, 5.41) is 9.05. The number of nitrogens with zero attached hydrogens (tertiary/aromatic N) is 2. The third-order valence-corrected chi connectivity index (χ3v) is 17.9. The van der Waals surface area contributed by atoms with Gasteiger partial charge in [0.1, 0.15) is 0 Å². The van der Waals surface area contributed by atoms with E-state index >= 15 is 0 Å². The highest BCUT2D eigenvalue weighted by atomic mass is 32.1. The monoisotopic (exact) mass is 996 g/mol. The summed E-state index contributed by atoms with van der Waals surface area (Å²) >= 11 is 1.98. The second-order valence-electron chi connectivity index (χ2n) is 24.5. The molecule has 0 aliphatic carbocycles. The van der Waals surface area contributed by atoms with Crippen molar-refractivity contribution in [1.82, 2.24) is 0 Å². The Morgan fingerprint density at radius 2 is 0.895 bits per heavy atom. The Balaban J connectivity index is 1.11. The van der Waals surface area contributed by atoms with Gasteiger partial charge in [0.15, 0.2) is 0 Å². The van der Waals surface area contributed by atoms with Gasteiger partial charge in [-0.3, -0.25) is 0 Å². The highest BCUT2D eigenvalue weighted by Gasteiger charge is 2.46. The van der Waals surface area contributed by atoms with Crippen LogP contribution in [0.4, 0.5) is 34.1 Å². The van der Waals surface area contributed by atoms with Gasteiger partial charge in [-0.25, -0.2) is 0 Å². The molecule has 0 spiro atoms. The maximum absolute atomic E-state index is 2.69. The summed E-state index contributed by atoms with van der Waals surface area (Å²) in [5.74, 6) is 0. The van der Waals surface area contributed by atoms with Crippen LogP contribution in [-0.4, -0.2) is 6.71 Å². The van der Waals surface area contributed by atoms with Crippen molar-refractivity contribution in [1.29, 1.82) is 0 Å². The molecule has 0 amide bonds. The van der Waals surface area contributed by atoms with Gasteiger partial charge >= 0.3 is 0 Å². The van der Waals surface area contributed by atoms with E-state index in [1.807, 2.05) is 11.3 Å². The number of hydrogen-bond acceptors (Lipinski definition) is 3. The van der Waals surface area contributed by atoms with Crippen molar-refractivity contribution in [2.45, 2.75) is 78.6 Å². The lowest BCUT2D eigenvalue weighted by atomic mass is 9.36. The zero-order chi connectivity index (χ0) is 52.0. The molecule has 0 N–H and O–H groups in total. The average Bonchev–Trinajstić information content (AvgIpc) is 3.89. The van der Waals surface area contributed by atoms with Crippen LogP contribution in [-0.2, 0) is 16.2 Å². The molecule has 0 fully saturated rings. The van der Waals surface area contributed by atoms with Crippen LogP contribution >= 0.6 is 11.3 Å². The van der Waals surface area contributed by atoms with Gasteiger partial charge in [0.25, 0.3) is 6.71 Å². The molecule has 3 heterocycles. The smallest absolute Gasteiger partial charge is 0.264 e. The minimum Gasteiger partial charge on any atom is -0.311 e. The molecule has 368 valence electrons. The number of rotatable bonds is 5. The van der Waals surface area contributed by atoms with Crippen molar-refractivity contribution in [2.75, 3.05) is 9.80 Å².